The molecule has 4 atom stereocenters. The molecular weight excluding hydrogens is 634 g/mol. The average Bonchev–Trinajstić information content (AvgIpc) is 3.69. The number of aliphatic hydroxyl groups excluding tert-OH is 1. The van der Waals surface area contributed by atoms with E-state index in [1.165, 1.54) is 0 Å². The molecule has 250 valence electrons. The molecule has 5 aliphatic rings. The SMILES string of the molecule is CC12CNCCN(C1)c1nc(OC[C@@]34CCCN3C[C@H](F)C4)nc3c(F)c(ncc13)-c1c(c(Cl)cc3[nH]ncc13)CCCOC(O)O2. The van der Waals surface area contributed by atoms with Crippen molar-refractivity contribution in [3.8, 4) is 17.3 Å². The van der Waals surface area contributed by atoms with Gasteiger partial charge in [0.15, 0.2) is 5.82 Å². The summed E-state index contributed by atoms with van der Waals surface area (Å²) >= 11 is 6.79. The summed E-state index contributed by atoms with van der Waals surface area (Å²) in [6.07, 6.45) is 5.33. The summed E-state index contributed by atoms with van der Waals surface area (Å²) < 4.78 is 49.6. The number of nitrogens with zero attached hydrogens (tertiary/aromatic N) is 6. The summed E-state index contributed by atoms with van der Waals surface area (Å²) in [5, 5.41) is 22.7. The van der Waals surface area contributed by atoms with Crippen LogP contribution in [0.2, 0.25) is 5.02 Å². The molecule has 0 radical (unpaired) electrons. The molecular formula is C32H37ClF2N8O4. The smallest absolute Gasteiger partial charge is 0.319 e. The van der Waals surface area contributed by atoms with Crippen LogP contribution in [0.5, 0.6) is 6.01 Å². The molecule has 3 saturated heterocycles. The maximum Gasteiger partial charge on any atom is 0.319 e. The van der Waals surface area contributed by atoms with Gasteiger partial charge in [0, 0.05) is 61.3 Å². The normalized spacial score (nSPS) is 28.7. The molecule has 3 aromatic heterocycles. The highest BCUT2D eigenvalue weighted by Gasteiger charge is 2.49. The van der Waals surface area contributed by atoms with E-state index in [1.54, 1.807) is 18.5 Å². The molecule has 2 unspecified atom stereocenters. The van der Waals surface area contributed by atoms with E-state index in [9.17, 15) is 9.50 Å². The van der Waals surface area contributed by atoms with E-state index in [1.807, 2.05) is 11.8 Å². The minimum atomic E-state index is -1.47. The third-order valence-corrected chi connectivity index (χ3v) is 10.3. The zero-order valence-electron chi connectivity index (χ0n) is 26.1. The van der Waals surface area contributed by atoms with Gasteiger partial charge in [0.05, 0.1) is 29.2 Å². The van der Waals surface area contributed by atoms with E-state index >= 15 is 4.39 Å². The number of hydrogen-bond donors (Lipinski definition) is 3. The minimum absolute atomic E-state index is 0.00355. The molecule has 4 aromatic rings. The molecule has 0 aliphatic carbocycles. The lowest BCUT2D eigenvalue weighted by atomic mass is 9.95. The lowest BCUT2D eigenvalue weighted by molar-refractivity contribution is -0.301. The number of fused-ring (bicyclic) bond motifs is 8. The van der Waals surface area contributed by atoms with Gasteiger partial charge < -0.3 is 29.5 Å². The number of anilines is 1. The second-order valence-electron chi connectivity index (χ2n) is 13.4. The fraction of sp³-hybridized carbons (Fsp3) is 0.562. The van der Waals surface area contributed by atoms with Crippen LogP contribution < -0.4 is 15.0 Å². The highest BCUT2D eigenvalue weighted by molar-refractivity contribution is 6.33. The van der Waals surface area contributed by atoms with Gasteiger partial charge in [-0.2, -0.15) is 15.1 Å². The highest BCUT2D eigenvalue weighted by atomic mass is 35.5. The van der Waals surface area contributed by atoms with Gasteiger partial charge in [-0.15, -0.1) is 0 Å². The predicted octanol–water partition coefficient (Wildman–Crippen LogP) is 3.74. The van der Waals surface area contributed by atoms with Crippen LogP contribution in [0.25, 0.3) is 33.1 Å². The van der Waals surface area contributed by atoms with Crippen molar-refractivity contribution in [3.05, 3.63) is 34.9 Å². The summed E-state index contributed by atoms with van der Waals surface area (Å²) in [4.78, 5) is 18.3. The van der Waals surface area contributed by atoms with Crippen LogP contribution in [0.3, 0.4) is 0 Å². The van der Waals surface area contributed by atoms with E-state index < -0.39 is 29.6 Å². The van der Waals surface area contributed by atoms with Crippen molar-refractivity contribution in [3.63, 3.8) is 0 Å². The molecule has 3 N–H and O–H groups in total. The fourth-order valence-electron chi connectivity index (χ4n) is 7.84. The Morgan fingerprint density at radius 1 is 1.21 bits per heavy atom. The molecule has 0 saturated carbocycles. The zero-order chi connectivity index (χ0) is 32.3. The number of halogens is 3. The predicted molar refractivity (Wildman–Crippen MR) is 171 cm³/mol. The van der Waals surface area contributed by atoms with Gasteiger partial charge >= 0.3 is 6.01 Å². The summed E-state index contributed by atoms with van der Waals surface area (Å²) in [5.74, 6) is -0.225. The van der Waals surface area contributed by atoms with Crippen LogP contribution in [0.4, 0.5) is 14.6 Å². The van der Waals surface area contributed by atoms with Gasteiger partial charge in [-0.1, -0.05) is 11.6 Å². The lowest BCUT2D eigenvalue weighted by Gasteiger charge is -2.35. The van der Waals surface area contributed by atoms with Crippen LogP contribution in [-0.2, 0) is 15.9 Å². The molecule has 5 aliphatic heterocycles. The third-order valence-electron chi connectivity index (χ3n) is 10.0. The number of hydrogen-bond acceptors (Lipinski definition) is 11. The molecule has 9 rings (SSSR count). The standard InChI is InChI=1S/C32H37ClF2N8O4/c1-31-15-36-6-8-42(16-31)28-21-12-37-27(24-19(4-2-9-45-30(44)47-31)22(33)10-23-20(24)13-38-41-23)25(35)26(21)39-29(40-28)46-17-32-5-3-7-43(32)14-18(34)11-32/h10,12-13,18,30,36,44H,2-9,11,14-17H2,1H3,(H,38,41)/t18-,30?,31?,32+/m1/s1. The van der Waals surface area contributed by atoms with Gasteiger partial charge in [0.2, 0.25) is 0 Å². The first-order chi connectivity index (χ1) is 22.7. The van der Waals surface area contributed by atoms with Crippen molar-refractivity contribution in [1.82, 2.24) is 35.4 Å². The minimum Gasteiger partial charge on any atom is -0.461 e. The van der Waals surface area contributed by atoms with Crippen molar-refractivity contribution < 1.29 is 28.1 Å². The Morgan fingerprint density at radius 3 is 3.00 bits per heavy atom. The van der Waals surface area contributed by atoms with Gasteiger partial charge in [-0.3, -0.25) is 15.0 Å². The lowest BCUT2D eigenvalue weighted by Crippen LogP contribution is -2.48. The van der Waals surface area contributed by atoms with E-state index in [-0.39, 0.29) is 30.4 Å². The van der Waals surface area contributed by atoms with Crippen LogP contribution in [0.15, 0.2) is 18.5 Å². The molecule has 15 heteroatoms. The summed E-state index contributed by atoms with van der Waals surface area (Å²) in [6.45, 7) is 3.77. The second kappa shape index (κ2) is 12.0. The van der Waals surface area contributed by atoms with Crippen LogP contribution >= 0.6 is 11.6 Å². The number of alkyl halides is 1. The fourth-order valence-corrected chi connectivity index (χ4v) is 8.14. The van der Waals surface area contributed by atoms with E-state index in [0.717, 1.165) is 19.4 Å². The number of aromatic amines is 1. The average molecular weight is 671 g/mol. The first-order valence-corrected chi connectivity index (χ1v) is 16.6. The molecule has 47 heavy (non-hydrogen) atoms. The molecule has 8 heterocycles. The first kappa shape index (κ1) is 31.0. The van der Waals surface area contributed by atoms with Gasteiger partial charge in [-0.05, 0) is 50.8 Å². The van der Waals surface area contributed by atoms with E-state index in [4.69, 9.17) is 30.8 Å². The summed E-state index contributed by atoms with van der Waals surface area (Å²) in [7, 11) is 0. The number of ether oxygens (including phenoxy) is 3. The highest BCUT2D eigenvalue weighted by Crippen LogP contribution is 2.42. The first-order valence-electron chi connectivity index (χ1n) is 16.2. The van der Waals surface area contributed by atoms with Gasteiger partial charge in [-0.25, -0.2) is 8.78 Å². The van der Waals surface area contributed by atoms with Crippen LogP contribution in [0.1, 0.15) is 38.2 Å². The third kappa shape index (κ3) is 5.58. The van der Waals surface area contributed by atoms with Crippen molar-refractivity contribution in [2.45, 2.75) is 62.8 Å². The second-order valence-corrected chi connectivity index (χ2v) is 13.8. The molecule has 12 nitrogen and oxygen atoms in total. The molecule has 0 spiro atoms. The number of aromatic nitrogens is 5. The van der Waals surface area contributed by atoms with Crippen LogP contribution in [0, 0.1) is 5.82 Å². The molecule has 6 bridgehead atoms. The largest absolute Gasteiger partial charge is 0.461 e. The molecule has 3 fully saturated rings. The number of nitrogens with one attached hydrogen (secondary N) is 2. The summed E-state index contributed by atoms with van der Waals surface area (Å²) in [5.41, 5.74) is 0.583. The number of benzene rings is 1. The van der Waals surface area contributed by atoms with Crippen LogP contribution in [-0.4, -0.2) is 111 Å². The van der Waals surface area contributed by atoms with Gasteiger partial charge in [0.25, 0.3) is 6.48 Å². The van der Waals surface area contributed by atoms with E-state index in [0.29, 0.717) is 90.2 Å². The number of rotatable bonds is 3. The quantitative estimate of drug-likeness (QED) is 0.294. The maximum absolute atomic E-state index is 17.1. The Morgan fingerprint density at radius 2 is 2.11 bits per heavy atom. The Labute approximate surface area is 274 Å². The Balaban J connectivity index is 1.30. The number of aliphatic hydroxyl groups is 1. The van der Waals surface area contributed by atoms with Crippen molar-refractivity contribution >= 4 is 39.2 Å². The Bertz CT molecular complexity index is 1830. The topological polar surface area (TPSA) is 134 Å². The monoisotopic (exact) mass is 670 g/mol. The van der Waals surface area contributed by atoms with E-state index in [2.05, 4.69) is 30.4 Å². The maximum atomic E-state index is 17.1. The molecule has 0 amide bonds. The summed E-state index contributed by atoms with van der Waals surface area (Å²) in [6, 6.07) is 1.75. The van der Waals surface area contributed by atoms with Gasteiger partial charge in [0.1, 0.15) is 35.4 Å². The molecule has 1 aromatic carbocycles. The zero-order valence-corrected chi connectivity index (χ0v) is 26.8. The Kier molecular flexibility index (Phi) is 7.92. The van der Waals surface area contributed by atoms with Crippen molar-refractivity contribution in [2.24, 2.45) is 0 Å². The number of pyridine rings is 1. The Hall–Kier alpha value is -3.27. The van der Waals surface area contributed by atoms with Crippen molar-refractivity contribution in [2.75, 3.05) is 57.4 Å². The van der Waals surface area contributed by atoms with Crippen molar-refractivity contribution in [1.29, 1.82) is 0 Å². The number of H-pyrrole nitrogens is 1.